The van der Waals surface area contributed by atoms with E-state index in [1.54, 1.807) is 57.8 Å². The molecule has 9 heteroatoms. The third kappa shape index (κ3) is 5.32. The van der Waals surface area contributed by atoms with E-state index in [1.807, 2.05) is 37.3 Å². The third-order valence-electron chi connectivity index (χ3n) is 5.82. The molecule has 1 atom stereocenters. The first-order valence-corrected chi connectivity index (χ1v) is 12.8. The standard InChI is InChI=1S/C28H30N2O6S/c1-7-35-20-11-8-18(9-12-20)25-24(27(32)36-16(2)3)17(4)29-28-30(25)26(31)23(37-28)14-19-10-13-21(33-5)15-22(19)34-6/h8-16,25H,7H2,1-6H3/b23-14+/t25-/m1/s1. The molecule has 194 valence electrons. The van der Waals surface area contributed by atoms with Gasteiger partial charge in [-0.15, -0.1) is 0 Å². The molecule has 0 saturated carbocycles. The largest absolute Gasteiger partial charge is 0.497 e. The van der Waals surface area contributed by atoms with Gasteiger partial charge in [-0.3, -0.25) is 9.36 Å². The number of ether oxygens (including phenoxy) is 4. The van der Waals surface area contributed by atoms with E-state index in [0.717, 1.165) is 11.1 Å². The van der Waals surface area contributed by atoms with Crippen LogP contribution in [-0.2, 0) is 9.53 Å². The molecule has 0 aliphatic carbocycles. The molecule has 0 bridgehead atoms. The molecule has 1 aromatic heterocycles. The van der Waals surface area contributed by atoms with Gasteiger partial charge in [-0.2, -0.15) is 0 Å². The van der Waals surface area contributed by atoms with Crippen LogP contribution in [0.3, 0.4) is 0 Å². The number of carbonyl (C=O) groups excluding carboxylic acids is 1. The van der Waals surface area contributed by atoms with Gasteiger partial charge in [0.05, 0.1) is 48.8 Å². The molecule has 1 aliphatic rings. The number of esters is 1. The van der Waals surface area contributed by atoms with Crippen molar-refractivity contribution in [1.29, 1.82) is 0 Å². The molecule has 8 nitrogen and oxygen atoms in total. The molecule has 2 aromatic carbocycles. The Morgan fingerprint density at radius 1 is 1.11 bits per heavy atom. The quantitative estimate of drug-likeness (QED) is 0.420. The van der Waals surface area contributed by atoms with Crippen molar-refractivity contribution < 1.29 is 23.7 Å². The predicted molar refractivity (Wildman–Crippen MR) is 142 cm³/mol. The van der Waals surface area contributed by atoms with E-state index in [4.69, 9.17) is 18.9 Å². The highest BCUT2D eigenvalue weighted by Crippen LogP contribution is 2.32. The van der Waals surface area contributed by atoms with Crippen molar-refractivity contribution in [3.8, 4) is 17.2 Å². The topological polar surface area (TPSA) is 88.4 Å². The number of benzene rings is 2. The molecule has 4 rings (SSSR count). The second-order valence-electron chi connectivity index (χ2n) is 8.65. The molecule has 0 radical (unpaired) electrons. The first-order chi connectivity index (χ1) is 17.8. The Labute approximate surface area is 219 Å². The maximum atomic E-state index is 13.8. The lowest BCUT2D eigenvalue weighted by atomic mass is 9.96. The number of carbonyl (C=O) groups is 1. The van der Waals surface area contributed by atoms with Crippen molar-refractivity contribution in [2.75, 3.05) is 20.8 Å². The summed E-state index contributed by atoms with van der Waals surface area (Å²) in [4.78, 5) is 32.2. The number of nitrogens with zero attached hydrogens (tertiary/aromatic N) is 2. The Kier molecular flexibility index (Phi) is 7.83. The van der Waals surface area contributed by atoms with E-state index in [0.29, 0.717) is 44.5 Å². The van der Waals surface area contributed by atoms with Gasteiger partial charge in [0.1, 0.15) is 17.2 Å². The number of thiazole rings is 1. The maximum absolute atomic E-state index is 13.8. The van der Waals surface area contributed by atoms with E-state index >= 15 is 0 Å². The molecule has 0 amide bonds. The van der Waals surface area contributed by atoms with Crippen LogP contribution in [0.2, 0.25) is 0 Å². The fourth-order valence-corrected chi connectivity index (χ4v) is 5.21. The molecule has 0 unspecified atom stereocenters. The van der Waals surface area contributed by atoms with Gasteiger partial charge >= 0.3 is 5.97 Å². The molecule has 0 saturated heterocycles. The Balaban J connectivity index is 1.91. The van der Waals surface area contributed by atoms with Crippen LogP contribution in [0.5, 0.6) is 17.2 Å². The molecule has 2 heterocycles. The fourth-order valence-electron chi connectivity index (χ4n) is 4.17. The van der Waals surface area contributed by atoms with Crippen LogP contribution in [0.25, 0.3) is 6.08 Å². The van der Waals surface area contributed by atoms with Crippen molar-refractivity contribution in [3.05, 3.63) is 84.5 Å². The average Bonchev–Trinajstić information content (AvgIpc) is 3.17. The lowest BCUT2D eigenvalue weighted by Crippen LogP contribution is -2.40. The number of rotatable bonds is 8. The van der Waals surface area contributed by atoms with Crippen LogP contribution in [0.1, 0.15) is 44.9 Å². The molecule has 1 aliphatic heterocycles. The first kappa shape index (κ1) is 26.2. The van der Waals surface area contributed by atoms with Crippen LogP contribution < -0.4 is 29.1 Å². The summed E-state index contributed by atoms with van der Waals surface area (Å²) in [5.41, 5.74) is 2.06. The van der Waals surface area contributed by atoms with Crippen LogP contribution in [-0.4, -0.2) is 37.5 Å². The van der Waals surface area contributed by atoms with Gasteiger partial charge in [-0.25, -0.2) is 9.79 Å². The number of aromatic nitrogens is 1. The molecule has 3 aromatic rings. The fraction of sp³-hybridized carbons (Fsp3) is 0.321. The zero-order chi connectivity index (χ0) is 26.7. The summed E-state index contributed by atoms with van der Waals surface area (Å²) in [5.74, 6) is 1.43. The Morgan fingerprint density at radius 3 is 2.43 bits per heavy atom. The summed E-state index contributed by atoms with van der Waals surface area (Å²) in [6.45, 7) is 7.79. The highest BCUT2D eigenvalue weighted by atomic mass is 32.1. The van der Waals surface area contributed by atoms with E-state index in [1.165, 1.54) is 11.3 Å². The summed E-state index contributed by atoms with van der Waals surface area (Å²) in [6.07, 6.45) is 1.45. The van der Waals surface area contributed by atoms with Crippen LogP contribution >= 0.6 is 11.3 Å². The second kappa shape index (κ2) is 11.0. The molecule has 0 N–H and O–H groups in total. The minimum absolute atomic E-state index is 0.261. The average molecular weight is 523 g/mol. The van der Waals surface area contributed by atoms with Crippen molar-refractivity contribution in [2.24, 2.45) is 4.99 Å². The lowest BCUT2D eigenvalue weighted by Gasteiger charge is -2.25. The summed E-state index contributed by atoms with van der Waals surface area (Å²) in [7, 11) is 3.15. The summed E-state index contributed by atoms with van der Waals surface area (Å²) in [6, 6.07) is 12.1. The number of methoxy groups -OCH3 is 2. The van der Waals surface area contributed by atoms with Gasteiger partial charge in [-0.1, -0.05) is 23.5 Å². The minimum Gasteiger partial charge on any atom is -0.497 e. The molecular weight excluding hydrogens is 492 g/mol. The minimum atomic E-state index is -0.696. The zero-order valence-corrected chi connectivity index (χ0v) is 22.5. The van der Waals surface area contributed by atoms with Gasteiger partial charge in [0.25, 0.3) is 5.56 Å². The van der Waals surface area contributed by atoms with E-state index in [9.17, 15) is 9.59 Å². The maximum Gasteiger partial charge on any atom is 0.338 e. The van der Waals surface area contributed by atoms with Crippen LogP contribution in [0, 0.1) is 0 Å². The van der Waals surface area contributed by atoms with Gasteiger partial charge < -0.3 is 18.9 Å². The highest BCUT2D eigenvalue weighted by molar-refractivity contribution is 7.07. The van der Waals surface area contributed by atoms with Crippen molar-refractivity contribution >= 4 is 23.4 Å². The van der Waals surface area contributed by atoms with Crippen molar-refractivity contribution in [1.82, 2.24) is 4.57 Å². The van der Waals surface area contributed by atoms with Gasteiger partial charge in [0.2, 0.25) is 0 Å². The number of hydrogen-bond acceptors (Lipinski definition) is 8. The summed E-state index contributed by atoms with van der Waals surface area (Å²) in [5, 5.41) is 0. The first-order valence-electron chi connectivity index (χ1n) is 12.0. The Hall–Kier alpha value is -3.85. The van der Waals surface area contributed by atoms with Gasteiger partial charge in [0, 0.05) is 11.6 Å². The Bertz CT molecular complexity index is 1520. The SMILES string of the molecule is CCOc1ccc([C@@H]2C(C(=O)OC(C)C)=C(C)N=c3s/c(=C/c4ccc(OC)cc4OC)c(=O)n32)cc1. The number of allylic oxidation sites excluding steroid dienone is 1. The normalized spacial score (nSPS) is 15.3. The second-order valence-corrected chi connectivity index (χ2v) is 9.65. The number of hydrogen-bond donors (Lipinski definition) is 0. The van der Waals surface area contributed by atoms with Crippen LogP contribution in [0.15, 0.2) is 63.5 Å². The van der Waals surface area contributed by atoms with Gasteiger partial charge in [-0.05, 0) is 63.6 Å². The van der Waals surface area contributed by atoms with E-state index in [-0.39, 0.29) is 11.7 Å². The zero-order valence-electron chi connectivity index (χ0n) is 21.7. The smallest absolute Gasteiger partial charge is 0.338 e. The Morgan fingerprint density at radius 2 is 1.81 bits per heavy atom. The van der Waals surface area contributed by atoms with Crippen molar-refractivity contribution in [3.63, 3.8) is 0 Å². The van der Waals surface area contributed by atoms with Crippen molar-refractivity contribution in [2.45, 2.75) is 39.8 Å². The monoisotopic (exact) mass is 522 g/mol. The molecule has 0 spiro atoms. The lowest BCUT2D eigenvalue weighted by molar-refractivity contribution is -0.143. The predicted octanol–water partition coefficient (Wildman–Crippen LogP) is 3.60. The van der Waals surface area contributed by atoms with E-state index in [2.05, 4.69) is 4.99 Å². The third-order valence-corrected chi connectivity index (χ3v) is 6.80. The highest BCUT2D eigenvalue weighted by Gasteiger charge is 2.33. The van der Waals surface area contributed by atoms with Crippen LogP contribution in [0.4, 0.5) is 0 Å². The summed E-state index contributed by atoms with van der Waals surface area (Å²) < 4.78 is 23.9. The molecular formula is C28H30N2O6S. The van der Waals surface area contributed by atoms with E-state index < -0.39 is 12.0 Å². The van der Waals surface area contributed by atoms with Gasteiger partial charge in [0.15, 0.2) is 4.80 Å². The molecule has 37 heavy (non-hydrogen) atoms. The number of fused-ring (bicyclic) bond motifs is 1. The summed E-state index contributed by atoms with van der Waals surface area (Å²) >= 11 is 1.26. The molecule has 0 fully saturated rings.